The van der Waals surface area contributed by atoms with Crippen LogP contribution in [0.4, 0.5) is 4.79 Å². The SMILES string of the molecule is CCOC(=O)N1CCN(C(=NC)NCc2ccc(C(N)=O)cc2)CC1. The largest absolute Gasteiger partial charge is 0.450 e. The Balaban J connectivity index is 1.85. The third-order valence-corrected chi connectivity index (χ3v) is 4.01. The number of hydrogen-bond acceptors (Lipinski definition) is 4. The van der Waals surface area contributed by atoms with Crippen LogP contribution < -0.4 is 11.1 Å². The van der Waals surface area contributed by atoms with E-state index in [0.717, 1.165) is 11.5 Å². The summed E-state index contributed by atoms with van der Waals surface area (Å²) < 4.78 is 5.02. The van der Waals surface area contributed by atoms with Crippen LogP contribution in [-0.4, -0.2) is 67.6 Å². The molecule has 1 fully saturated rings. The molecule has 0 aromatic heterocycles. The summed E-state index contributed by atoms with van der Waals surface area (Å²) in [5.41, 5.74) is 6.75. The highest BCUT2D eigenvalue weighted by atomic mass is 16.6. The zero-order valence-electron chi connectivity index (χ0n) is 14.7. The van der Waals surface area contributed by atoms with Gasteiger partial charge >= 0.3 is 6.09 Å². The van der Waals surface area contributed by atoms with E-state index in [0.29, 0.717) is 44.9 Å². The number of benzene rings is 1. The molecule has 3 N–H and O–H groups in total. The Bertz CT molecular complexity index is 622. The fourth-order valence-electron chi connectivity index (χ4n) is 2.62. The maximum Gasteiger partial charge on any atom is 0.409 e. The van der Waals surface area contributed by atoms with Crippen LogP contribution in [0.2, 0.25) is 0 Å². The summed E-state index contributed by atoms with van der Waals surface area (Å²) in [6, 6.07) is 7.14. The van der Waals surface area contributed by atoms with Gasteiger partial charge in [-0.25, -0.2) is 4.79 Å². The molecule has 0 saturated carbocycles. The molecular formula is C17H25N5O3. The number of primary amides is 1. The van der Waals surface area contributed by atoms with E-state index < -0.39 is 5.91 Å². The Morgan fingerprint density at radius 1 is 1.16 bits per heavy atom. The van der Waals surface area contributed by atoms with Gasteiger partial charge in [0.15, 0.2) is 5.96 Å². The van der Waals surface area contributed by atoms with Gasteiger partial charge in [-0.05, 0) is 24.6 Å². The van der Waals surface area contributed by atoms with Gasteiger partial charge in [-0.3, -0.25) is 9.79 Å². The Morgan fingerprint density at radius 2 is 1.76 bits per heavy atom. The molecule has 0 aliphatic carbocycles. The van der Waals surface area contributed by atoms with E-state index in [4.69, 9.17) is 10.5 Å². The van der Waals surface area contributed by atoms with E-state index in [1.807, 2.05) is 12.1 Å². The molecule has 1 heterocycles. The number of nitrogens with two attached hydrogens (primary N) is 1. The summed E-state index contributed by atoms with van der Waals surface area (Å²) in [5, 5.41) is 3.30. The number of hydrogen-bond donors (Lipinski definition) is 2. The monoisotopic (exact) mass is 347 g/mol. The number of nitrogens with zero attached hydrogens (tertiary/aromatic N) is 3. The first-order valence-corrected chi connectivity index (χ1v) is 8.31. The Hall–Kier alpha value is -2.77. The van der Waals surface area contributed by atoms with Crippen LogP contribution in [0.1, 0.15) is 22.8 Å². The quantitative estimate of drug-likeness (QED) is 0.615. The van der Waals surface area contributed by atoms with Crippen molar-refractivity contribution in [3.8, 4) is 0 Å². The number of ether oxygens (including phenoxy) is 1. The number of carbonyl (C=O) groups is 2. The van der Waals surface area contributed by atoms with Gasteiger partial charge in [0, 0.05) is 45.3 Å². The van der Waals surface area contributed by atoms with Crippen molar-refractivity contribution in [2.45, 2.75) is 13.5 Å². The standard InChI is InChI=1S/C17H25N5O3/c1-3-25-17(24)22-10-8-21(9-11-22)16(19-2)20-12-13-4-6-14(7-5-13)15(18)23/h4-7H,3,8-12H2,1-2H3,(H2,18,23)(H,19,20). The van der Waals surface area contributed by atoms with Crippen LogP contribution >= 0.6 is 0 Å². The van der Waals surface area contributed by atoms with Crippen LogP contribution in [0.3, 0.4) is 0 Å². The van der Waals surface area contributed by atoms with Crippen molar-refractivity contribution in [3.63, 3.8) is 0 Å². The molecule has 2 rings (SSSR count). The molecule has 0 unspecified atom stereocenters. The number of carbonyl (C=O) groups excluding carboxylic acids is 2. The summed E-state index contributed by atoms with van der Waals surface area (Å²) in [6.45, 7) is 5.37. The van der Waals surface area contributed by atoms with Crippen molar-refractivity contribution in [2.24, 2.45) is 10.7 Å². The molecule has 0 radical (unpaired) electrons. The average molecular weight is 347 g/mol. The van der Waals surface area contributed by atoms with Gasteiger partial charge in [-0.2, -0.15) is 0 Å². The van der Waals surface area contributed by atoms with Crippen molar-refractivity contribution in [1.29, 1.82) is 0 Å². The minimum absolute atomic E-state index is 0.264. The molecule has 8 nitrogen and oxygen atoms in total. The van der Waals surface area contributed by atoms with Gasteiger partial charge in [-0.15, -0.1) is 0 Å². The molecule has 0 spiro atoms. The van der Waals surface area contributed by atoms with Gasteiger partial charge in [0.2, 0.25) is 5.91 Å². The number of guanidine groups is 1. The second kappa shape index (κ2) is 8.91. The first-order valence-electron chi connectivity index (χ1n) is 8.31. The molecular weight excluding hydrogens is 322 g/mol. The zero-order valence-corrected chi connectivity index (χ0v) is 14.7. The first-order chi connectivity index (χ1) is 12.0. The lowest BCUT2D eigenvalue weighted by molar-refractivity contribution is 0.0914. The lowest BCUT2D eigenvalue weighted by atomic mass is 10.1. The summed E-state index contributed by atoms with van der Waals surface area (Å²) in [5.74, 6) is 0.345. The van der Waals surface area contributed by atoms with Crippen LogP contribution in [0.15, 0.2) is 29.3 Å². The highest BCUT2D eigenvalue weighted by molar-refractivity contribution is 5.92. The van der Waals surface area contributed by atoms with E-state index in [1.165, 1.54) is 0 Å². The fraction of sp³-hybridized carbons (Fsp3) is 0.471. The van der Waals surface area contributed by atoms with Crippen LogP contribution in [0, 0.1) is 0 Å². The molecule has 1 saturated heterocycles. The smallest absolute Gasteiger partial charge is 0.409 e. The van der Waals surface area contributed by atoms with Crippen LogP contribution in [0.25, 0.3) is 0 Å². The molecule has 1 aromatic rings. The second-order valence-electron chi connectivity index (χ2n) is 5.63. The molecule has 25 heavy (non-hydrogen) atoms. The first kappa shape index (κ1) is 18.6. The predicted molar refractivity (Wildman–Crippen MR) is 95.3 cm³/mol. The summed E-state index contributed by atoms with van der Waals surface area (Å²) in [6.07, 6.45) is -0.264. The lowest BCUT2D eigenvalue weighted by Crippen LogP contribution is -2.53. The van der Waals surface area contributed by atoms with Crippen molar-refractivity contribution >= 4 is 18.0 Å². The van der Waals surface area contributed by atoms with Gasteiger partial charge < -0.3 is 25.6 Å². The molecule has 1 aliphatic heterocycles. The highest BCUT2D eigenvalue weighted by Gasteiger charge is 2.23. The van der Waals surface area contributed by atoms with Gasteiger partial charge in [0.1, 0.15) is 0 Å². The van der Waals surface area contributed by atoms with Gasteiger partial charge in [0.25, 0.3) is 0 Å². The Labute approximate surface area is 147 Å². The van der Waals surface area contributed by atoms with Crippen molar-refractivity contribution in [2.75, 3.05) is 39.8 Å². The minimum atomic E-state index is -0.435. The third-order valence-electron chi connectivity index (χ3n) is 4.01. The second-order valence-corrected chi connectivity index (χ2v) is 5.63. The topological polar surface area (TPSA) is 100 Å². The van der Waals surface area contributed by atoms with E-state index in [-0.39, 0.29) is 6.09 Å². The molecule has 136 valence electrons. The molecule has 0 bridgehead atoms. The number of aliphatic imine (C=N–C) groups is 1. The fourth-order valence-corrected chi connectivity index (χ4v) is 2.62. The van der Waals surface area contributed by atoms with Crippen LogP contribution in [-0.2, 0) is 11.3 Å². The predicted octanol–water partition coefficient (Wildman–Crippen LogP) is 0.635. The maximum absolute atomic E-state index is 11.7. The Morgan fingerprint density at radius 3 is 2.28 bits per heavy atom. The average Bonchev–Trinajstić information content (AvgIpc) is 2.63. The lowest BCUT2D eigenvalue weighted by Gasteiger charge is -2.35. The highest BCUT2D eigenvalue weighted by Crippen LogP contribution is 2.06. The molecule has 1 aromatic carbocycles. The number of piperazine rings is 1. The van der Waals surface area contributed by atoms with E-state index in [9.17, 15) is 9.59 Å². The molecule has 1 aliphatic rings. The van der Waals surface area contributed by atoms with Crippen molar-refractivity contribution < 1.29 is 14.3 Å². The van der Waals surface area contributed by atoms with E-state index in [1.54, 1.807) is 31.0 Å². The minimum Gasteiger partial charge on any atom is -0.450 e. The normalized spacial score (nSPS) is 15.0. The van der Waals surface area contributed by atoms with Gasteiger partial charge in [-0.1, -0.05) is 12.1 Å². The summed E-state index contributed by atoms with van der Waals surface area (Å²) in [4.78, 5) is 30.9. The zero-order chi connectivity index (χ0) is 18.2. The maximum atomic E-state index is 11.7. The molecule has 2 amide bonds. The number of amides is 2. The summed E-state index contributed by atoms with van der Waals surface area (Å²) in [7, 11) is 1.73. The van der Waals surface area contributed by atoms with Crippen molar-refractivity contribution in [3.05, 3.63) is 35.4 Å². The van der Waals surface area contributed by atoms with Crippen molar-refractivity contribution in [1.82, 2.24) is 15.1 Å². The van der Waals surface area contributed by atoms with Crippen LogP contribution in [0.5, 0.6) is 0 Å². The number of nitrogens with one attached hydrogen (secondary N) is 1. The Kier molecular flexibility index (Phi) is 6.62. The molecule has 8 heteroatoms. The van der Waals surface area contributed by atoms with E-state index >= 15 is 0 Å². The summed E-state index contributed by atoms with van der Waals surface area (Å²) >= 11 is 0. The third kappa shape index (κ3) is 5.10. The molecule has 0 atom stereocenters. The van der Waals surface area contributed by atoms with Gasteiger partial charge in [0.05, 0.1) is 6.61 Å². The number of rotatable bonds is 4. The van der Waals surface area contributed by atoms with E-state index in [2.05, 4.69) is 15.2 Å².